The molecule has 2 N–H and O–H groups in total. The van der Waals surface area contributed by atoms with Crippen LogP contribution in [0.2, 0.25) is 0 Å². The number of alkyl halides is 1. The van der Waals surface area contributed by atoms with Gasteiger partial charge in [0.25, 0.3) is 5.91 Å². The number of rotatable bonds is 3. The summed E-state index contributed by atoms with van der Waals surface area (Å²) in [6, 6.07) is -0.789. The molecule has 0 unspecified atom stereocenters. The topological polar surface area (TPSA) is 77.8 Å². The molecular formula is C9H14BrNO4. The van der Waals surface area contributed by atoms with Crippen molar-refractivity contribution in [3.8, 4) is 0 Å². The first-order valence-corrected chi connectivity index (χ1v) is 5.84. The van der Waals surface area contributed by atoms with E-state index in [0.717, 1.165) is 0 Å². The Hall–Kier alpha value is -0.620. The molecule has 5 nitrogen and oxygen atoms in total. The lowest BCUT2D eigenvalue weighted by Gasteiger charge is -2.29. The molecule has 0 aromatic carbocycles. The monoisotopic (exact) mass is 279 g/mol. The van der Waals surface area contributed by atoms with Gasteiger partial charge in [0.1, 0.15) is 11.6 Å². The number of aliphatic carboxylic acids is 1. The minimum atomic E-state index is -1.53. The zero-order chi connectivity index (χ0) is 11.6. The number of carboxylic acids is 1. The number of carbonyl (C=O) groups excluding carboxylic acids is 1. The molecule has 0 spiro atoms. The lowest BCUT2D eigenvalue weighted by Crippen LogP contribution is -2.51. The van der Waals surface area contributed by atoms with Crippen LogP contribution in [0.25, 0.3) is 0 Å². The lowest BCUT2D eigenvalue weighted by molar-refractivity contribution is -0.156. The predicted octanol–water partition coefficient (Wildman–Crippen LogP) is 0.208. The highest BCUT2D eigenvalue weighted by Gasteiger charge is 2.41. The fraction of sp³-hybridized carbons (Fsp3) is 0.778. The van der Waals surface area contributed by atoms with Gasteiger partial charge in [0, 0.05) is 11.9 Å². The van der Waals surface area contributed by atoms with Crippen molar-refractivity contribution in [2.45, 2.75) is 31.4 Å². The van der Waals surface area contributed by atoms with E-state index in [-0.39, 0.29) is 5.33 Å². The summed E-state index contributed by atoms with van der Waals surface area (Å²) in [5.41, 5.74) is -1.53. The number of carbonyl (C=O) groups is 2. The molecule has 0 radical (unpaired) electrons. The molecule has 1 fully saturated rings. The molecule has 2 atom stereocenters. The summed E-state index contributed by atoms with van der Waals surface area (Å²) in [5, 5.41) is 18.7. The van der Waals surface area contributed by atoms with Gasteiger partial charge in [-0.25, -0.2) is 4.79 Å². The van der Waals surface area contributed by atoms with Crippen LogP contribution in [-0.2, 0) is 9.59 Å². The summed E-state index contributed by atoms with van der Waals surface area (Å²) in [5.74, 6) is -1.53. The molecule has 0 aromatic rings. The Bertz CT molecular complexity index is 279. The van der Waals surface area contributed by atoms with Crippen LogP contribution in [0, 0.1) is 0 Å². The van der Waals surface area contributed by atoms with E-state index in [9.17, 15) is 14.7 Å². The quantitative estimate of drug-likeness (QED) is 0.724. The largest absolute Gasteiger partial charge is 0.480 e. The van der Waals surface area contributed by atoms with E-state index >= 15 is 0 Å². The van der Waals surface area contributed by atoms with Gasteiger partial charge in [0.15, 0.2) is 0 Å². The van der Waals surface area contributed by atoms with Crippen molar-refractivity contribution in [3.63, 3.8) is 0 Å². The fourth-order valence-electron chi connectivity index (χ4n) is 1.63. The van der Waals surface area contributed by atoms with Crippen molar-refractivity contribution < 1.29 is 19.8 Å². The first-order chi connectivity index (χ1) is 6.90. The summed E-state index contributed by atoms with van der Waals surface area (Å²) < 4.78 is 0. The highest BCUT2D eigenvalue weighted by atomic mass is 79.9. The molecule has 1 amide bonds. The van der Waals surface area contributed by atoms with Gasteiger partial charge in [-0.15, -0.1) is 0 Å². The molecule has 6 heteroatoms. The number of hydrogen-bond acceptors (Lipinski definition) is 3. The molecule has 1 aliphatic heterocycles. The molecule has 0 bridgehead atoms. The summed E-state index contributed by atoms with van der Waals surface area (Å²) in [6.45, 7) is 1.78. The van der Waals surface area contributed by atoms with Crippen LogP contribution in [0.15, 0.2) is 0 Å². The molecule has 1 heterocycles. The zero-order valence-electron chi connectivity index (χ0n) is 8.44. The first kappa shape index (κ1) is 12.4. The standard InChI is InChI=1S/C9H14BrNO4/c1-9(15,5-10)8(14)11-4-2-3-6(11)7(12)13/h6,15H,2-5H2,1H3,(H,12,13)/t6-,9+/m1/s1. The van der Waals surface area contributed by atoms with E-state index in [1.807, 2.05) is 0 Å². The van der Waals surface area contributed by atoms with Crippen LogP contribution in [0.3, 0.4) is 0 Å². The maximum Gasteiger partial charge on any atom is 0.326 e. The number of carboxylic acid groups (broad SMARTS) is 1. The molecule has 0 aliphatic carbocycles. The van der Waals surface area contributed by atoms with Gasteiger partial charge in [-0.05, 0) is 19.8 Å². The summed E-state index contributed by atoms with van der Waals surface area (Å²) in [6.07, 6.45) is 1.13. The number of amides is 1. The fourth-order valence-corrected chi connectivity index (χ4v) is 1.87. The van der Waals surface area contributed by atoms with Gasteiger partial charge >= 0.3 is 5.97 Å². The Kier molecular flexibility index (Phi) is 3.72. The predicted molar refractivity (Wildman–Crippen MR) is 56.8 cm³/mol. The molecule has 0 aromatic heterocycles. The first-order valence-electron chi connectivity index (χ1n) is 4.72. The highest BCUT2D eigenvalue weighted by molar-refractivity contribution is 9.09. The number of likely N-dealkylation sites (tertiary alicyclic amines) is 1. The third kappa shape index (κ3) is 2.49. The third-order valence-electron chi connectivity index (χ3n) is 2.52. The molecule has 1 rings (SSSR count). The minimum Gasteiger partial charge on any atom is -0.480 e. The third-order valence-corrected chi connectivity index (χ3v) is 3.61. The molecule has 15 heavy (non-hydrogen) atoms. The van der Waals surface area contributed by atoms with E-state index in [1.54, 1.807) is 0 Å². The van der Waals surface area contributed by atoms with Gasteiger partial charge < -0.3 is 15.1 Å². The second kappa shape index (κ2) is 4.49. The minimum absolute atomic E-state index is 0.0989. The van der Waals surface area contributed by atoms with Gasteiger partial charge in [-0.1, -0.05) is 15.9 Å². The summed E-state index contributed by atoms with van der Waals surface area (Å²) in [7, 11) is 0. The van der Waals surface area contributed by atoms with Crippen LogP contribution in [0.4, 0.5) is 0 Å². The van der Waals surface area contributed by atoms with Crippen molar-refractivity contribution >= 4 is 27.8 Å². The van der Waals surface area contributed by atoms with E-state index in [2.05, 4.69) is 15.9 Å². The van der Waals surface area contributed by atoms with Crippen LogP contribution >= 0.6 is 15.9 Å². The van der Waals surface area contributed by atoms with E-state index in [4.69, 9.17) is 5.11 Å². The Morgan fingerprint density at radius 1 is 1.60 bits per heavy atom. The van der Waals surface area contributed by atoms with Crippen molar-refractivity contribution in [3.05, 3.63) is 0 Å². The number of nitrogens with zero attached hydrogens (tertiary/aromatic N) is 1. The van der Waals surface area contributed by atoms with Crippen molar-refractivity contribution in [1.29, 1.82) is 0 Å². The van der Waals surface area contributed by atoms with Crippen molar-refractivity contribution in [1.82, 2.24) is 4.90 Å². The highest BCUT2D eigenvalue weighted by Crippen LogP contribution is 2.22. The average molecular weight is 280 g/mol. The maximum absolute atomic E-state index is 11.8. The van der Waals surface area contributed by atoms with Crippen molar-refractivity contribution in [2.24, 2.45) is 0 Å². The maximum atomic E-state index is 11.8. The summed E-state index contributed by atoms with van der Waals surface area (Å²) >= 11 is 3.03. The van der Waals surface area contributed by atoms with Crippen LogP contribution in [0.5, 0.6) is 0 Å². The summed E-state index contributed by atoms with van der Waals surface area (Å²) in [4.78, 5) is 23.9. The van der Waals surface area contributed by atoms with E-state index in [0.29, 0.717) is 19.4 Å². The molecule has 86 valence electrons. The van der Waals surface area contributed by atoms with E-state index in [1.165, 1.54) is 11.8 Å². The van der Waals surface area contributed by atoms with Crippen LogP contribution in [-0.4, -0.2) is 50.5 Å². The van der Waals surface area contributed by atoms with Crippen molar-refractivity contribution in [2.75, 3.05) is 11.9 Å². The average Bonchev–Trinajstić information content (AvgIpc) is 2.64. The lowest BCUT2D eigenvalue weighted by atomic mass is 10.1. The van der Waals surface area contributed by atoms with Gasteiger partial charge in [-0.3, -0.25) is 4.79 Å². The van der Waals surface area contributed by atoms with Crippen LogP contribution in [0.1, 0.15) is 19.8 Å². The van der Waals surface area contributed by atoms with Gasteiger partial charge in [-0.2, -0.15) is 0 Å². The Morgan fingerprint density at radius 3 is 2.67 bits per heavy atom. The number of aliphatic hydroxyl groups is 1. The second-order valence-corrected chi connectivity index (χ2v) is 4.46. The van der Waals surface area contributed by atoms with E-state index < -0.39 is 23.5 Å². The normalized spacial score (nSPS) is 25.0. The number of hydrogen-bond donors (Lipinski definition) is 2. The molecule has 0 saturated carbocycles. The Balaban J connectivity index is 2.79. The smallest absolute Gasteiger partial charge is 0.326 e. The molecule has 1 saturated heterocycles. The SMILES string of the molecule is C[C@](O)(CBr)C(=O)N1CCC[C@@H]1C(=O)O. The zero-order valence-corrected chi connectivity index (χ0v) is 10.0. The van der Waals surface area contributed by atoms with Crippen LogP contribution < -0.4 is 0 Å². The second-order valence-electron chi connectivity index (χ2n) is 3.90. The molecular weight excluding hydrogens is 266 g/mol. The number of halogens is 1. The Labute approximate surface area is 96.2 Å². The van der Waals surface area contributed by atoms with Gasteiger partial charge in [0.2, 0.25) is 0 Å². The molecule has 1 aliphatic rings. The Morgan fingerprint density at radius 2 is 2.20 bits per heavy atom. The van der Waals surface area contributed by atoms with Gasteiger partial charge in [0.05, 0.1) is 0 Å².